The topological polar surface area (TPSA) is 32.7 Å². The standard InChI is InChI=1S/C16H14N2O/c19-16-15(13-7-3-1-4-8-13)11-12-17-18(16)14-9-5-2-6-10-14/h1-10,12,15H,11H2. The van der Waals surface area contributed by atoms with E-state index in [1.54, 1.807) is 0 Å². The van der Waals surface area contributed by atoms with E-state index in [-0.39, 0.29) is 11.8 Å². The molecule has 0 bridgehead atoms. The third-order valence-electron chi connectivity index (χ3n) is 3.25. The summed E-state index contributed by atoms with van der Waals surface area (Å²) in [7, 11) is 0. The van der Waals surface area contributed by atoms with Crippen LogP contribution in [0, 0.1) is 0 Å². The summed E-state index contributed by atoms with van der Waals surface area (Å²) in [5.41, 5.74) is 1.85. The number of hydrazone groups is 1. The summed E-state index contributed by atoms with van der Waals surface area (Å²) in [6.45, 7) is 0. The van der Waals surface area contributed by atoms with Crippen LogP contribution in [0.3, 0.4) is 0 Å². The monoisotopic (exact) mass is 250 g/mol. The van der Waals surface area contributed by atoms with Gasteiger partial charge in [0.2, 0.25) is 0 Å². The Morgan fingerprint density at radius 2 is 1.58 bits per heavy atom. The summed E-state index contributed by atoms with van der Waals surface area (Å²) in [4.78, 5) is 12.5. The van der Waals surface area contributed by atoms with Crippen molar-refractivity contribution in [3.05, 3.63) is 66.2 Å². The minimum Gasteiger partial charge on any atom is -0.272 e. The van der Waals surface area contributed by atoms with Gasteiger partial charge in [0.15, 0.2) is 0 Å². The highest BCUT2D eigenvalue weighted by Gasteiger charge is 2.28. The number of carbonyl (C=O) groups excluding carboxylic acids is 1. The molecular weight excluding hydrogens is 236 g/mol. The van der Waals surface area contributed by atoms with Crippen molar-refractivity contribution >= 4 is 17.8 Å². The van der Waals surface area contributed by atoms with Gasteiger partial charge in [0, 0.05) is 12.6 Å². The first kappa shape index (κ1) is 11.7. The Morgan fingerprint density at radius 1 is 0.947 bits per heavy atom. The average molecular weight is 250 g/mol. The van der Waals surface area contributed by atoms with Crippen LogP contribution in [0.4, 0.5) is 5.69 Å². The van der Waals surface area contributed by atoms with E-state index in [0.717, 1.165) is 11.3 Å². The Balaban J connectivity index is 1.92. The van der Waals surface area contributed by atoms with Gasteiger partial charge in [0.25, 0.3) is 5.91 Å². The molecule has 1 aliphatic rings. The molecule has 3 nitrogen and oxygen atoms in total. The lowest BCUT2D eigenvalue weighted by Crippen LogP contribution is -2.34. The summed E-state index contributed by atoms with van der Waals surface area (Å²) >= 11 is 0. The maximum atomic E-state index is 12.5. The smallest absolute Gasteiger partial charge is 0.255 e. The first-order valence-corrected chi connectivity index (χ1v) is 6.32. The van der Waals surface area contributed by atoms with Crippen LogP contribution >= 0.6 is 0 Å². The number of para-hydroxylation sites is 1. The van der Waals surface area contributed by atoms with Crippen LogP contribution in [0.1, 0.15) is 17.9 Å². The SMILES string of the molecule is O=C1C(c2ccccc2)CC=NN1c1ccccc1. The summed E-state index contributed by atoms with van der Waals surface area (Å²) in [5, 5.41) is 5.70. The minimum atomic E-state index is -0.140. The lowest BCUT2D eigenvalue weighted by Gasteiger charge is -2.26. The molecule has 1 amide bonds. The zero-order valence-corrected chi connectivity index (χ0v) is 10.4. The van der Waals surface area contributed by atoms with Gasteiger partial charge in [0.1, 0.15) is 0 Å². The fourth-order valence-corrected chi connectivity index (χ4v) is 2.27. The number of hydrogen-bond acceptors (Lipinski definition) is 2. The first-order chi connectivity index (χ1) is 9.36. The van der Waals surface area contributed by atoms with E-state index in [4.69, 9.17) is 0 Å². The number of carbonyl (C=O) groups is 1. The summed E-state index contributed by atoms with van der Waals surface area (Å²) in [6.07, 6.45) is 2.47. The molecule has 94 valence electrons. The van der Waals surface area contributed by atoms with Crippen LogP contribution < -0.4 is 5.01 Å². The number of hydrogen-bond donors (Lipinski definition) is 0. The predicted molar refractivity (Wildman–Crippen MR) is 76.2 cm³/mol. The zero-order valence-electron chi connectivity index (χ0n) is 10.4. The Morgan fingerprint density at radius 3 is 2.26 bits per heavy atom. The zero-order chi connectivity index (χ0) is 13.1. The second kappa shape index (κ2) is 5.06. The molecule has 0 aliphatic carbocycles. The van der Waals surface area contributed by atoms with Gasteiger partial charge >= 0.3 is 0 Å². The number of amides is 1. The quantitative estimate of drug-likeness (QED) is 0.805. The maximum Gasteiger partial charge on any atom is 0.255 e. The van der Waals surface area contributed by atoms with Gasteiger partial charge in [-0.15, -0.1) is 0 Å². The van der Waals surface area contributed by atoms with E-state index in [1.807, 2.05) is 66.9 Å². The van der Waals surface area contributed by atoms with Gasteiger partial charge in [-0.05, 0) is 17.7 Å². The molecule has 1 aliphatic heterocycles. The highest BCUT2D eigenvalue weighted by molar-refractivity contribution is 6.01. The van der Waals surface area contributed by atoms with Crippen LogP contribution in [0.15, 0.2) is 65.8 Å². The predicted octanol–water partition coefficient (Wildman–Crippen LogP) is 3.19. The normalized spacial score (nSPS) is 18.6. The Hall–Kier alpha value is -2.42. The van der Waals surface area contributed by atoms with E-state index in [0.29, 0.717) is 6.42 Å². The van der Waals surface area contributed by atoms with Crippen molar-refractivity contribution in [2.24, 2.45) is 5.10 Å². The Kier molecular flexibility index (Phi) is 3.11. The van der Waals surface area contributed by atoms with Gasteiger partial charge in [-0.25, -0.2) is 5.01 Å². The average Bonchev–Trinajstić information content (AvgIpc) is 2.49. The van der Waals surface area contributed by atoms with Gasteiger partial charge in [-0.1, -0.05) is 48.5 Å². The molecule has 3 rings (SSSR count). The van der Waals surface area contributed by atoms with Crippen molar-refractivity contribution in [1.82, 2.24) is 0 Å². The van der Waals surface area contributed by atoms with E-state index in [1.165, 1.54) is 5.01 Å². The molecule has 0 aromatic heterocycles. The van der Waals surface area contributed by atoms with Crippen LogP contribution in [-0.2, 0) is 4.79 Å². The molecule has 1 atom stereocenters. The molecule has 0 N–H and O–H groups in total. The summed E-state index contributed by atoms with van der Waals surface area (Å²) in [6, 6.07) is 19.4. The van der Waals surface area contributed by atoms with Crippen molar-refractivity contribution in [3.63, 3.8) is 0 Å². The molecule has 0 spiro atoms. The van der Waals surface area contributed by atoms with Crippen LogP contribution in [0.2, 0.25) is 0 Å². The van der Waals surface area contributed by atoms with E-state index < -0.39 is 0 Å². The highest BCUT2D eigenvalue weighted by atomic mass is 16.2. The van der Waals surface area contributed by atoms with Crippen molar-refractivity contribution in [2.45, 2.75) is 12.3 Å². The van der Waals surface area contributed by atoms with E-state index in [9.17, 15) is 4.79 Å². The third kappa shape index (κ3) is 2.27. The largest absolute Gasteiger partial charge is 0.272 e. The van der Waals surface area contributed by atoms with Gasteiger partial charge in [-0.3, -0.25) is 4.79 Å². The molecule has 1 unspecified atom stereocenters. The molecule has 0 saturated heterocycles. The minimum absolute atomic E-state index is 0.0277. The van der Waals surface area contributed by atoms with Gasteiger partial charge < -0.3 is 0 Å². The second-order valence-electron chi connectivity index (χ2n) is 4.48. The van der Waals surface area contributed by atoms with Crippen LogP contribution in [-0.4, -0.2) is 12.1 Å². The van der Waals surface area contributed by atoms with E-state index >= 15 is 0 Å². The third-order valence-corrected chi connectivity index (χ3v) is 3.25. The number of nitrogens with zero attached hydrogens (tertiary/aromatic N) is 2. The van der Waals surface area contributed by atoms with Crippen molar-refractivity contribution in [3.8, 4) is 0 Å². The number of benzene rings is 2. The molecule has 0 radical (unpaired) electrons. The lowest BCUT2D eigenvalue weighted by molar-refractivity contribution is -0.120. The Bertz CT molecular complexity index is 593. The molecule has 1 heterocycles. The molecule has 2 aromatic carbocycles. The summed E-state index contributed by atoms with van der Waals surface area (Å²) in [5.74, 6) is -0.112. The maximum absolute atomic E-state index is 12.5. The van der Waals surface area contributed by atoms with Crippen LogP contribution in [0.25, 0.3) is 0 Å². The first-order valence-electron chi connectivity index (χ1n) is 6.32. The highest BCUT2D eigenvalue weighted by Crippen LogP contribution is 2.27. The van der Waals surface area contributed by atoms with Crippen LogP contribution in [0.5, 0.6) is 0 Å². The van der Waals surface area contributed by atoms with Crippen molar-refractivity contribution < 1.29 is 4.79 Å². The lowest BCUT2D eigenvalue weighted by atomic mass is 9.94. The molecular formula is C16H14N2O. The van der Waals surface area contributed by atoms with E-state index in [2.05, 4.69) is 5.10 Å². The van der Waals surface area contributed by atoms with Crippen molar-refractivity contribution in [2.75, 3.05) is 5.01 Å². The molecule has 19 heavy (non-hydrogen) atoms. The van der Waals surface area contributed by atoms with Gasteiger partial charge in [-0.2, -0.15) is 5.10 Å². The second-order valence-corrected chi connectivity index (χ2v) is 4.48. The summed E-state index contributed by atoms with van der Waals surface area (Å²) < 4.78 is 0. The molecule has 2 aromatic rings. The molecule has 3 heteroatoms. The number of rotatable bonds is 2. The van der Waals surface area contributed by atoms with Gasteiger partial charge in [0.05, 0.1) is 11.6 Å². The fourth-order valence-electron chi connectivity index (χ4n) is 2.27. The van der Waals surface area contributed by atoms with Crippen molar-refractivity contribution in [1.29, 1.82) is 0 Å². The fraction of sp³-hybridized carbons (Fsp3) is 0.125. The Labute approximate surface area is 112 Å². The number of anilines is 1. The molecule has 0 fully saturated rings. The molecule has 0 saturated carbocycles.